The minimum atomic E-state index is 1.13. The number of unbranched alkanes of at least 4 members (excludes halogenated alkanes) is 4. The summed E-state index contributed by atoms with van der Waals surface area (Å²) in [6.07, 6.45) is 13.5. The van der Waals surface area contributed by atoms with Crippen molar-refractivity contribution in [3.05, 3.63) is 12.7 Å². The first-order valence-corrected chi connectivity index (χ1v) is 5.04. The Hall–Kier alpha value is -0.260. The van der Waals surface area contributed by atoms with Gasteiger partial charge in [-0.2, -0.15) is 0 Å². The van der Waals surface area contributed by atoms with E-state index in [0.717, 1.165) is 5.92 Å². The van der Waals surface area contributed by atoms with E-state index in [-0.39, 0.29) is 0 Å². The zero-order valence-corrected chi connectivity index (χ0v) is 7.52. The lowest BCUT2D eigenvalue weighted by atomic mass is 10.1. The third kappa shape index (κ3) is 5.06. The van der Waals surface area contributed by atoms with Gasteiger partial charge in [-0.1, -0.05) is 44.6 Å². The molecule has 0 radical (unpaired) electrons. The van der Waals surface area contributed by atoms with Crippen LogP contribution in [0.15, 0.2) is 12.7 Å². The Kier molecular flexibility index (Phi) is 4.33. The Labute approximate surface area is 70.7 Å². The van der Waals surface area contributed by atoms with E-state index in [1.165, 1.54) is 51.4 Å². The van der Waals surface area contributed by atoms with Crippen LogP contribution < -0.4 is 0 Å². The fourth-order valence-corrected chi connectivity index (χ4v) is 1.48. The Morgan fingerprint density at radius 2 is 1.82 bits per heavy atom. The zero-order valence-electron chi connectivity index (χ0n) is 7.52. The second-order valence-corrected chi connectivity index (χ2v) is 3.72. The molecule has 0 heterocycles. The van der Waals surface area contributed by atoms with Crippen LogP contribution in [0, 0.1) is 5.92 Å². The second kappa shape index (κ2) is 5.40. The monoisotopic (exact) mass is 152 g/mol. The van der Waals surface area contributed by atoms with Gasteiger partial charge >= 0.3 is 0 Å². The maximum atomic E-state index is 3.72. The minimum Gasteiger partial charge on any atom is -0.103 e. The Morgan fingerprint density at radius 1 is 1.09 bits per heavy atom. The van der Waals surface area contributed by atoms with Gasteiger partial charge in [0.15, 0.2) is 0 Å². The van der Waals surface area contributed by atoms with Crippen molar-refractivity contribution in [3.8, 4) is 0 Å². The van der Waals surface area contributed by atoms with E-state index in [1.54, 1.807) is 0 Å². The van der Waals surface area contributed by atoms with Gasteiger partial charge < -0.3 is 0 Å². The molecule has 0 saturated heterocycles. The summed E-state index contributed by atoms with van der Waals surface area (Å²) >= 11 is 0. The van der Waals surface area contributed by atoms with Crippen LogP contribution in [-0.2, 0) is 0 Å². The number of hydrogen-bond acceptors (Lipinski definition) is 0. The lowest BCUT2D eigenvalue weighted by Gasteiger charge is -1.97. The molecule has 0 atom stereocenters. The normalized spacial score (nSPS) is 16.7. The molecule has 1 aliphatic carbocycles. The first-order chi connectivity index (χ1) is 5.43. The molecule has 0 bridgehead atoms. The van der Waals surface area contributed by atoms with Gasteiger partial charge in [0.1, 0.15) is 0 Å². The lowest BCUT2D eigenvalue weighted by Crippen LogP contribution is -1.79. The smallest absolute Gasteiger partial charge is 0.0353 e. The Balaban J connectivity index is 1.69. The molecule has 1 aliphatic rings. The first kappa shape index (κ1) is 8.83. The molecule has 64 valence electrons. The van der Waals surface area contributed by atoms with Crippen LogP contribution in [-0.4, -0.2) is 0 Å². The molecule has 11 heavy (non-hydrogen) atoms. The Morgan fingerprint density at radius 3 is 2.45 bits per heavy atom. The van der Waals surface area contributed by atoms with Crippen molar-refractivity contribution in [2.24, 2.45) is 5.92 Å². The van der Waals surface area contributed by atoms with E-state index < -0.39 is 0 Å². The topological polar surface area (TPSA) is 0 Å². The molecule has 0 aromatic rings. The number of rotatable bonds is 7. The molecule has 1 fully saturated rings. The van der Waals surface area contributed by atoms with Gasteiger partial charge in [0.2, 0.25) is 0 Å². The fraction of sp³-hybridized carbons (Fsp3) is 0.818. The molecule has 0 N–H and O–H groups in total. The van der Waals surface area contributed by atoms with Crippen LogP contribution in [0.3, 0.4) is 0 Å². The van der Waals surface area contributed by atoms with Gasteiger partial charge in [-0.05, 0) is 18.8 Å². The van der Waals surface area contributed by atoms with Crippen LogP contribution in [0.1, 0.15) is 51.4 Å². The highest BCUT2D eigenvalue weighted by molar-refractivity contribution is 4.72. The fourth-order valence-electron chi connectivity index (χ4n) is 1.48. The van der Waals surface area contributed by atoms with Crippen molar-refractivity contribution in [1.29, 1.82) is 0 Å². The summed E-state index contributed by atoms with van der Waals surface area (Å²) in [5.74, 6) is 1.13. The van der Waals surface area contributed by atoms with Crippen LogP contribution in [0.2, 0.25) is 0 Å². The lowest BCUT2D eigenvalue weighted by molar-refractivity contribution is 0.587. The highest BCUT2D eigenvalue weighted by atomic mass is 14.2. The Bertz CT molecular complexity index is 101. The molecule has 0 aromatic carbocycles. The van der Waals surface area contributed by atoms with Gasteiger partial charge in [0.25, 0.3) is 0 Å². The molecule has 0 heteroatoms. The summed E-state index contributed by atoms with van der Waals surface area (Å²) in [4.78, 5) is 0. The maximum Gasteiger partial charge on any atom is -0.0353 e. The van der Waals surface area contributed by atoms with E-state index in [0.29, 0.717) is 0 Å². The summed E-state index contributed by atoms with van der Waals surface area (Å²) in [7, 11) is 0. The van der Waals surface area contributed by atoms with Crippen LogP contribution in [0.5, 0.6) is 0 Å². The molecule has 0 spiro atoms. The molecule has 0 aliphatic heterocycles. The first-order valence-electron chi connectivity index (χ1n) is 5.04. The zero-order chi connectivity index (χ0) is 7.94. The molecule has 0 amide bonds. The maximum absolute atomic E-state index is 3.72. The predicted molar refractivity (Wildman–Crippen MR) is 50.6 cm³/mol. The van der Waals surface area contributed by atoms with Gasteiger partial charge in [-0.15, -0.1) is 6.58 Å². The van der Waals surface area contributed by atoms with Crippen LogP contribution >= 0.6 is 0 Å². The average Bonchev–Trinajstić information content (AvgIpc) is 2.80. The summed E-state index contributed by atoms with van der Waals surface area (Å²) in [6.45, 7) is 3.72. The third-order valence-electron chi connectivity index (χ3n) is 2.47. The van der Waals surface area contributed by atoms with Gasteiger partial charge in [-0.3, -0.25) is 0 Å². The number of allylic oxidation sites excluding steroid dienone is 1. The molecule has 0 aromatic heterocycles. The van der Waals surface area contributed by atoms with E-state index in [1.807, 2.05) is 6.08 Å². The van der Waals surface area contributed by atoms with E-state index in [4.69, 9.17) is 0 Å². The van der Waals surface area contributed by atoms with Crippen LogP contribution in [0.25, 0.3) is 0 Å². The van der Waals surface area contributed by atoms with E-state index in [2.05, 4.69) is 6.58 Å². The molecule has 0 unspecified atom stereocenters. The standard InChI is InChI=1S/C11H20/c1-2-3-4-5-6-7-8-11-9-10-11/h2,11H,1,3-10H2. The number of hydrogen-bond donors (Lipinski definition) is 0. The van der Waals surface area contributed by atoms with E-state index in [9.17, 15) is 0 Å². The highest BCUT2D eigenvalue weighted by Crippen LogP contribution is 2.34. The quantitative estimate of drug-likeness (QED) is 0.383. The summed E-state index contributed by atoms with van der Waals surface area (Å²) in [6, 6.07) is 0. The third-order valence-corrected chi connectivity index (χ3v) is 2.47. The van der Waals surface area contributed by atoms with Gasteiger partial charge in [-0.25, -0.2) is 0 Å². The molecular formula is C11H20. The van der Waals surface area contributed by atoms with Crippen molar-refractivity contribution >= 4 is 0 Å². The van der Waals surface area contributed by atoms with Crippen LogP contribution in [0.4, 0.5) is 0 Å². The summed E-state index contributed by atoms with van der Waals surface area (Å²) < 4.78 is 0. The average molecular weight is 152 g/mol. The predicted octanol–water partition coefficient (Wildman–Crippen LogP) is 3.92. The van der Waals surface area contributed by atoms with Gasteiger partial charge in [0, 0.05) is 0 Å². The van der Waals surface area contributed by atoms with Crippen molar-refractivity contribution in [2.75, 3.05) is 0 Å². The largest absolute Gasteiger partial charge is 0.103 e. The second-order valence-electron chi connectivity index (χ2n) is 3.72. The molecule has 0 nitrogen and oxygen atoms in total. The SMILES string of the molecule is C=CCCCCCCC1CC1. The van der Waals surface area contributed by atoms with Gasteiger partial charge in [0.05, 0.1) is 0 Å². The van der Waals surface area contributed by atoms with Crippen molar-refractivity contribution < 1.29 is 0 Å². The molecule has 1 rings (SSSR count). The van der Waals surface area contributed by atoms with Crippen molar-refractivity contribution in [2.45, 2.75) is 51.4 Å². The minimum absolute atomic E-state index is 1.13. The van der Waals surface area contributed by atoms with Crippen molar-refractivity contribution in [1.82, 2.24) is 0 Å². The van der Waals surface area contributed by atoms with E-state index >= 15 is 0 Å². The van der Waals surface area contributed by atoms with Crippen molar-refractivity contribution in [3.63, 3.8) is 0 Å². The highest BCUT2D eigenvalue weighted by Gasteiger charge is 2.19. The molecular weight excluding hydrogens is 132 g/mol. The summed E-state index contributed by atoms with van der Waals surface area (Å²) in [5.41, 5.74) is 0. The molecule has 1 saturated carbocycles. The summed E-state index contributed by atoms with van der Waals surface area (Å²) in [5, 5.41) is 0.